The van der Waals surface area contributed by atoms with Crippen LogP contribution in [0.5, 0.6) is 0 Å². The van der Waals surface area contributed by atoms with Crippen molar-refractivity contribution in [1.29, 1.82) is 0 Å². The molecule has 1 unspecified atom stereocenters. The lowest BCUT2D eigenvalue weighted by Gasteiger charge is -2.31. The quantitative estimate of drug-likeness (QED) is 0.620. The number of piperazine rings is 1. The second kappa shape index (κ2) is 3.72. The van der Waals surface area contributed by atoms with Crippen LogP contribution in [-0.2, 0) is 4.79 Å². The van der Waals surface area contributed by atoms with Gasteiger partial charge in [0.15, 0.2) is 0 Å². The van der Waals surface area contributed by atoms with Gasteiger partial charge in [0, 0.05) is 19.6 Å². The fraction of sp³-hybridized carbons (Fsp3) is 0.875. The molecular formula is C8H16N2O. The molecule has 1 atom stereocenters. The number of nitrogens with zero attached hydrogens (tertiary/aromatic N) is 1. The Morgan fingerprint density at radius 1 is 1.73 bits per heavy atom. The Balaban J connectivity index is 2.44. The Labute approximate surface area is 67.8 Å². The van der Waals surface area contributed by atoms with E-state index in [1.54, 1.807) is 0 Å². The van der Waals surface area contributed by atoms with Gasteiger partial charge in [0.25, 0.3) is 0 Å². The number of amides is 1. The van der Waals surface area contributed by atoms with E-state index in [2.05, 4.69) is 12.2 Å². The summed E-state index contributed by atoms with van der Waals surface area (Å²) in [4.78, 5) is 13.3. The number of rotatable bonds is 2. The van der Waals surface area contributed by atoms with Gasteiger partial charge in [-0.05, 0) is 13.3 Å². The van der Waals surface area contributed by atoms with Gasteiger partial charge in [-0.15, -0.1) is 0 Å². The first-order chi connectivity index (χ1) is 5.25. The summed E-state index contributed by atoms with van der Waals surface area (Å²) in [6.07, 6.45) is 1.05. The van der Waals surface area contributed by atoms with E-state index in [1.165, 1.54) is 0 Å². The average molecular weight is 156 g/mol. The summed E-state index contributed by atoms with van der Waals surface area (Å²) in [5.74, 6) is 0.248. The Hall–Kier alpha value is -0.570. The highest BCUT2D eigenvalue weighted by molar-refractivity contribution is 5.82. The molecule has 1 fully saturated rings. The first-order valence-electron chi connectivity index (χ1n) is 4.28. The lowest BCUT2D eigenvalue weighted by Crippen LogP contribution is -2.53. The van der Waals surface area contributed by atoms with Crippen molar-refractivity contribution in [2.24, 2.45) is 0 Å². The van der Waals surface area contributed by atoms with Crippen molar-refractivity contribution < 1.29 is 4.79 Å². The summed E-state index contributed by atoms with van der Waals surface area (Å²) < 4.78 is 0. The molecule has 0 radical (unpaired) electrons. The Bertz CT molecular complexity index is 145. The van der Waals surface area contributed by atoms with E-state index in [1.807, 2.05) is 11.8 Å². The topological polar surface area (TPSA) is 32.3 Å². The molecule has 1 aliphatic rings. The van der Waals surface area contributed by atoms with Crippen molar-refractivity contribution in [3.8, 4) is 0 Å². The van der Waals surface area contributed by atoms with E-state index in [9.17, 15) is 4.79 Å². The predicted octanol–water partition coefficient (Wildman–Crippen LogP) is 0.217. The molecule has 3 heteroatoms. The third-order valence-electron chi connectivity index (χ3n) is 2.01. The minimum atomic E-state index is 0.0234. The number of carbonyl (C=O) groups excluding carboxylic acids is 1. The molecule has 0 aromatic carbocycles. The molecule has 1 amide bonds. The number of carbonyl (C=O) groups is 1. The van der Waals surface area contributed by atoms with Crippen molar-refractivity contribution in [3.63, 3.8) is 0 Å². The highest BCUT2D eigenvalue weighted by Crippen LogP contribution is 2.00. The third kappa shape index (κ3) is 1.93. The van der Waals surface area contributed by atoms with Crippen LogP contribution >= 0.6 is 0 Å². The van der Waals surface area contributed by atoms with Crippen molar-refractivity contribution in [2.75, 3.05) is 19.6 Å². The third-order valence-corrected chi connectivity index (χ3v) is 2.01. The van der Waals surface area contributed by atoms with Crippen molar-refractivity contribution >= 4 is 5.91 Å². The summed E-state index contributed by atoms with van der Waals surface area (Å²) in [6, 6.07) is 0.0234. The zero-order chi connectivity index (χ0) is 8.27. The van der Waals surface area contributed by atoms with E-state index >= 15 is 0 Å². The standard InChI is InChI=1S/C8H16N2O/c1-3-5-10-6-4-9-7(2)8(10)11/h7,9H,3-6H2,1-2H3. The smallest absolute Gasteiger partial charge is 0.239 e. The van der Waals surface area contributed by atoms with E-state index in [0.29, 0.717) is 0 Å². The monoisotopic (exact) mass is 156 g/mol. The summed E-state index contributed by atoms with van der Waals surface area (Å²) in [5.41, 5.74) is 0. The summed E-state index contributed by atoms with van der Waals surface area (Å²) >= 11 is 0. The van der Waals surface area contributed by atoms with Gasteiger partial charge >= 0.3 is 0 Å². The van der Waals surface area contributed by atoms with Gasteiger partial charge in [0.2, 0.25) is 5.91 Å². The molecule has 0 aromatic rings. The Morgan fingerprint density at radius 3 is 3.09 bits per heavy atom. The molecule has 0 bridgehead atoms. The maximum atomic E-state index is 11.4. The lowest BCUT2D eigenvalue weighted by molar-refractivity contribution is -0.135. The van der Waals surface area contributed by atoms with E-state index < -0.39 is 0 Å². The second-order valence-corrected chi connectivity index (χ2v) is 3.00. The fourth-order valence-corrected chi connectivity index (χ4v) is 1.38. The zero-order valence-corrected chi connectivity index (χ0v) is 7.26. The first kappa shape index (κ1) is 8.53. The summed E-state index contributed by atoms with van der Waals surface area (Å²) in [5, 5.41) is 3.13. The van der Waals surface area contributed by atoms with Crippen LogP contribution in [0.2, 0.25) is 0 Å². The Morgan fingerprint density at radius 2 is 2.45 bits per heavy atom. The largest absolute Gasteiger partial charge is 0.340 e. The summed E-state index contributed by atoms with van der Waals surface area (Å²) in [6.45, 7) is 6.74. The van der Waals surface area contributed by atoms with Crippen LogP contribution < -0.4 is 5.32 Å². The molecule has 64 valence electrons. The van der Waals surface area contributed by atoms with E-state index in [0.717, 1.165) is 26.1 Å². The maximum absolute atomic E-state index is 11.4. The van der Waals surface area contributed by atoms with Gasteiger partial charge in [-0.25, -0.2) is 0 Å². The minimum absolute atomic E-state index is 0.0234. The number of hydrogen-bond donors (Lipinski definition) is 1. The van der Waals surface area contributed by atoms with Crippen LogP contribution in [0.4, 0.5) is 0 Å². The van der Waals surface area contributed by atoms with Crippen LogP contribution in [0, 0.1) is 0 Å². The van der Waals surface area contributed by atoms with Crippen LogP contribution in [0.25, 0.3) is 0 Å². The van der Waals surface area contributed by atoms with Gasteiger partial charge < -0.3 is 10.2 Å². The summed E-state index contributed by atoms with van der Waals surface area (Å²) in [7, 11) is 0. The highest BCUT2D eigenvalue weighted by Gasteiger charge is 2.23. The zero-order valence-electron chi connectivity index (χ0n) is 7.26. The predicted molar refractivity (Wildman–Crippen MR) is 44.3 cm³/mol. The molecule has 1 rings (SSSR count). The van der Waals surface area contributed by atoms with Gasteiger partial charge in [-0.3, -0.25) is 4.79 Å². The fourth-order valence-electron chi connectivity index (χ4n) is 1.38. The maximum Gasteiger partial charge on any atom is 0.239 e. The number of hydrogen-bond acceptors (Lipinski definition) is 2. The van der Waals surface area contributed by atoms with Gasteiger partial charge in [0.05, 0.1) is 6.04 Å². The number of nitrogens with one attached hydrogen (secondary N) is 1. The van der Waals surface area contributed by atoms with Gasteiger partial charge in [-0.1, -0.05) is 6.92 Å². The molecule has 1 saturated heterocycles. The van der Waals surface area contributed by atoms with E-state index in [4.69, 9.17) is 0 Å². The molecule has 1 heterocycles. The lowest BCUT2D eigenvalue weighted by atomic mass is 10.2. The average Bonchev–Trinajstić information content (AvgIpc) is 1.99. The molecule has 0 aliphatic carbocycles. The second-order valence-electron chi connectivity index (χ2n) is 3.00. The van der Waals surface area contributed by atoms with Crippen molar-refractivity contribution in [1.82, 2.24) is 10.2 Å². The minimum Gasteiger partial charge on any atom is -0.340 e. The first-order valence-corrected chi connectivity index (χ1v) is 4.28. The van der Waals surface area contributed by atoms with Crippen LogP contribution in [0.15, 0.2) is 0 Å². The van der Waals surface area contributed by atoms with Crippen LogP contribution in [-0.4, -0.2) is 36.5 Å². The molecule has 0 spiro atoms. The van der Waals surface area contributed by atoms with Crippen molar-refractivity contribution in [2.45, 2.75) is 26.3 Å². The van der Waals surface area contributed by atoms with Crippen molar-refractivity contribution in [3.05, 3.63) is 0 Å². The molecular weight excluding hydrogens is 140 g/mol. The SMILES string of the molecule is CCCN1CCNC(C)C1=O. The molecule has 1 N–H and O–H groups in total. The normalized spacial score (nSPS) is 25.8. The van der Waals surface area contributed by atoms with Crippen LogP contribution in [0.3, 0.4) is 0 Å². The van der Waals surface area contributed by atoms with E-state index in [-0.39, 0.29) is 11.9 Å². The van der Waals surface area contributed by atoms with Gasteiger partial charge in [-0.2, -0.15) is 0 Å². The highest BCUT2D eigenvalue weighted by atomic mass is 16.2. The molecule has 11 heavy (non-hydrogen) atoms. The molecule has 0 saturated carbocycles. The molecule has 0 aromatic heterocycles. The molecule has 3 nitrogen and oxygen atoms in total. The molecule has 1 aliphatic heterocycles. The van der Waals surface area contributed by atoms with Crippen LogP contribution in [0.1, 0.15) is 20.3 Å². The Kier molecular flexibility index (Phi) is 2.88. The van der Waals surface area contributed by atoms with Gasteiger partial charge in [0.1, 0.15) is 0 Å².